The van der Waals surface area contributed by atoms with E-state index in [4.69, 9.17) is 4.74 Å². The highest BCUT2D eigenvalue weighted by molar-refractivity contribution is 5.96. The number of aromatic nitrogens is 1. The number of rotatable bonds is 4. The molecule has 190 valence electrons. The van der Waals surface area contributed by atoms with E-state index in [1.54, 1.807) is 49.5 Å². The van der Waals surface area contributed by atoms with Gasteiger partial charge in [0.2, 0.25) is 0 Å². The number of ketones is 1. The van der Waals surface area contributed by atoms with Gasteiger partial charge in [-0.05, 0) is 50.4 Å². The minimum Gasteiger partial charge on any atom is -0.443 e. The van der Waals surface area contributed by atoms with Crippen molar-refractivity contribution in [3.05, 3.63) is 83.6 Å². The molecule has 2 heterocycles. The van der Waals surface area contributed by atoms with Gasteiger partial charge in [-0.2, -0.15) is 0 Å². The fourth-order valence-electron chi connectivity index (χ4n) is 5.25. The van der Waals surface area contributed by atoms with Crippen LogP contribution in [0.4, 0.5) is 25.0 Å². The van der Waals surface area contributed by atoms with Crippen molar-refractivity contribution in [2.24, 2.45) is 0 Å². The Hall–Kier alpha value is -4.20. The van der Waals surface area contributed by atoms with Crippen molar-refractivity contribution in [3.63, 3.8) is 0 Å². The lowest BCUT2D eigenvalue weighted by atomic mass is 9.77. The molecule has 3 N–H and O–H groups in total. The molecule has 37 heavy (non-hydrogen) atoms. The lowest BCUT2D eigenvalue weighted by Gasteiger charge is -2.44. The zero-order valence-electron chi connectivity index (χ0n) is 20.9. The molecule has 1 aliphatic heterocycles. The number of Topliss-reactive ketones (excluding diaryl/α,β-unsaturated/α-hetero) is 1. The van der Waals surface area contributed by atoms with Crippen LogP contribution >= 0.6 is 0 Å². The number of hydrogen-bond acceptors (Lipinski definition) is 4. The van der Waals surface area contributed by atoms with E-state index in [1.807, 2.05) is 26.0 Å². The maximum Gasteiger partial charge on any atom is 0.411 e. The minimum atomic E-state index is -0.829. The molecule has 0 aliphatic carbocycles. The molecule has 0 bridgehead atoms. The number of carbonyl (C=O) groups excluding carboxylic acids is 2. The van der Waals surface area contributed by atoms with Crippen molar-refractivity contribution in [2.45, 2.75) is 45.3 Å². The molecule has 0 radical (unpaired) electrons. The van der Waals surface area contributed by atoms with E-state index in [1.165, 1.54) is 13.0 Å². The summed E-state index contributed by atoms with van der Waals surface area (Å²) in [7, 11) is 0. The molecule has 0 fully saturated rings. The summed E-state index contributed by atoms with van der Waals surface area (Å²) < 4.78 is 37.3. The summed E-state index contributed by atoms with van der Waals surface area (Å²) in [6.45, 7) is 6.82. The summed E-state index contributed by atoms with van der Waals surface area (Å²) in [5.74, 6) is -2.11. The molecule has 4 aromatic rings. The highest BCUT2D eigenvalue weighted by Gasteiger charge is 2.45. The van der Waals surface area contributed by atoms with E-state index < -0.39 is 35.3 Å². The van der Waals surface area contributed by atoms with E-state index in [-0.39, 0.29) is 16.9 Å². The maximum absolute atomic E-state index is 16.1. The molecule has 8 heteroatoms. The molecule has 1 aliphatic rings. The van der Waals surface area contributed by atoms with Gasteiger partial charge in [0.25, 0.3) is 0 Å². The highest BCUT2D eigenvalue weighted by atomic mass is 19.1. The Labute approximate surface area is 213 Å². The third kappa shape index (κ3) is 4.33. The first-order valence-corrected chi connectivity index (χ1v) is 12.0. The van der Waals surface area contributed by atoms with E-state index >= 15 is 8.78 Å². The van der Waals surface area contributed by atoms with Crippen molar-refractivity contribution >= 4 is 34.2 Å². The summed E-state index contributed by atoms with van der Waals surface area (Å²) in [5, 5.41) is 6.65. The van der Waals surface area contributed by atoms with Crippen LogP contribution < -0.4 is 10.6 Å². The zero-order chi connectivity index (χ0) is 26.5. The second-order valence-corrected chi connectivity index (χ2v) is 9.98. The first kappa shape index (κ1) is 24.5. The largest absolute Gasteiger partial charge is 0.443 e. The van der Waals surface area contributed by atoms with Crippen LogP contribution in [0.15, 0.2) is 60.8 Å². The lowest BCUT2D eigenvalue weighted by molar-refractivity contribution is 0.0560. The molecule has 6 nitrogen and oxygen atoms in total. The number of anilines is 2. The van der Waals surface area contributed by atoms with Crippen molar-refractivity contribution < 1.29 is 23.1 Å². The summed E-state index contributed by atoms with van der Waals surface area (Å²) in [6.07, 6.45) is 0.198. The normalized spacial score (nSPS) is 18.1. The summed E-state index contributed by atoms with van der Waals surface area (Å²) >= 11 is 0. The number of carbonyl (C=O) groups is 2. The third-order valence-corrected chi connectivity index (χ3v) is 6.94. The molecule has 3 aromatic carbocycles. The number of para-hydroxylation sites is 1. The Balaban J connectivity index is 1.49. The van der Waals surface area contributed by atoms with E-state index in [9.17, 15) is 9.59 Å². The molecular weight excluding hydrogens is 476 g/mol. The van der Waals surface area contributed by atoms with Gasteiger partial charge in [0, 0.05) is 40.2 Å². The number of fused-ring (bicyclic) bond motifs is 2. The fourth-order valence-corrected chi connectivity index (χ4v) is 5.25. The monoisotopic (exact) mass is 503 g/mol. The average Bonchev–Trinajstić information content (AvgIpc) is 3.31. The Morgan fingerprint density at radius 1 is 1.05 bits per heavy atom. The predicted molar refractivity (Wildman–Crippen MR) is 140 cm³/mol. The van der Waals surface area contributed by atoms with Crippen LogP contribution in [0, 0.1) is 11.6 Å². The molecule has 0 saturated carbocycles. The van der Waals surface area contributed by atoms with Crippen LogP contribution in [0.25, 0.3) is 22.0 Å². The van der Waals surface area contributed by atoms with Crippen molar-refractivity contribution in [1.82, 2.24) is 4.98 Å². The first-order chi connectivity index (χ1) is 17.6. The second kappa shape index (κ2) is 9.03. The van der Waals surface area contributed by atoms with Crippen molar-refractivity contribution in [2.75, 3.05) is 10.6 Å². The summed E-state index contributed by atoms with van der Waals surface area (Å²) in [6, 6.07) is 15.0. The second-order valence-electron chi connectivity index (χ2n) is 9.98. The van der Waals surface area contributed by atoms with Gasteiger partial charge in [0.1, 0.15) is 17.7 Å². The number of ether oxygens (including phenoxy) is 1. The minimum absolute atomic E-state index is 0.131. The van der Waals surface area contributed by atoms with Gasteiger partial charge in [0.05, 0.1) is 16.6 Å². The molecule has 0 spiro atoms. The van der Waals surface area contributed by atoms with Crippen LogP contribution in [0.5, 0.6) is 0 Å². The number of halogens is 2. The van der Waals surface area contributed by atoms with E-state index in [0.29, 0.717) is 28.0 Å². The molecule has 0 unspecified atom stereocenters. The molecule has 2 atom stereocenters. The zero-order valence-corrected chi connectivity index (χ0v) is 20.9. The molecular formula is C29H27F2N3O3. The molecule has 5 rings (SSSR count). The van der Waals surface area contributed by atoms with Crippen molar-refractivity contribution in [3.8, 4) is 11.1 Å². The van der Waals surface area contributed by atoms with Crippen LogP contribution in [0.1, 0.15) is 49.5 Å². The number of aromatic amines is 1. The highest BCUT2D eigenvalue weighted by Crippen LogP contribution is 2.46. The van der Waals surface area contributed by atoms with Crippen LogP contribution in [-0.2, 0) is 4.74 Å². The van der Waals surface area contributed by atoms with E-state index in [0.717, 1.165) is 5.39 Å². The average molecular weight is 504 g/mol. The first-order valence-electron chi connectivity index (χ1n) is 12.0. The number of benzene rings is 3. The van der Waals surface area contributed by atoms with Crippen LogP contribution in [0.3, 0.4) is 0 Å². The Bertz CT molecular complexity index is 1540. The fraction of sp³-hybridized carbons (Fsp3) is 0.241. The topological polar surface area (TPSA) is 83.2 Å². The Morgan fingerprint density at radius 2 is 1.81 bits per heavy atom. The molecule has 1 amide bonds. The number of amides is 1. The van der Waals surface area contributed by atoms with Gasteiger partial charge in [0.15, 0.2) is 5.78 Å². The Kier molecular flexibility index (Phi) is 5.98. The standard InChI is InChI=1S/C29H27F2N3O3/c1-15-23-22(14-21(30)24(25(23)31)20-10-6-7-17-11-12-32-26(17)20)34-29(3,4)27(15)37-28(36)33-19-9-5-8-18(13-19)16(2)35/h5-15,27,32,34H,1-4H3,(H,33,36)/t15-,27+/m1/s1. The van der Waals surface area contributed by atoms with Crippen LogP contribution in [-0.4, -0.2) is 28.5 Å². The van der Waals surface area contributed by atoms with E-state index in [2.05, 4.69) is 15.6 Å². The quantitative estimate of drug-likeness (QED) is 0.256. The smallest absolute Gasteiger partial charge is 0.411 e. The number of hydrogen-bond donors (Lipinski definition) is 3. The van der Waals surface area contributed by atoms with Gasteiger partial charge < -0.3 is 15.0 Å². The number of nitrogens with one attached hydrogen (secondary N) is 3. The number of H-pyrrole nitrogens is 1. The summed E-state index contributed by atoms with van der Waals surface area (Å²) in [4.78, 5) is 27.6. The van der Waals surface area contributed by atoms with Gasteiger partial charge in [-0.15, -0.1) is 0 Å². The van der Waals surface area contributed by atoms with Crippen LogP contribution in [0.2, 0.25) is 0 Å². The predicted octanol–water partition coefficient (Wildman–Crippen LogP) is 7.24. The molecule has 1 aromatic heterocycles. The molecule has 0 saturated heterocycles. The SMILES string of the molecule is CC(=O)c1cccc(NC(=O)O[C@H]2[C@H](C)c3c(cc(F)c(-c4cccc5cc[nH]c45)c3F)NC2(C)C)c1. The third-order valence-electron chi connectivity index (χ3n) is 6.94. The van der Waals surface area contributed by atoms with Gasteiger partial charge in [-0.1, -0.05) is 37.3 Å². The summed E-state index contributed by atoms with van der Waals surface area (Å²) in [5.41, 5.74) is 1.51. The Morgan fingerprint density at radius 3 is 2.57 bits per heavy atom. The van der Waals surface area contributed by atoms with Crippen molar-refractivity contribution in [1.29, 1.82) is 0 Å². The van der Waals surface area contributed by atoms with Gasteiger partial charge in [-0.3, -0.25) is 10.1 Å². The van der Waals surface area contributed by atoms with Gasteiger partial charge in [-0.25, -0.2) is 13.6 Å². The van der Waals surface area contributed by atoms with Gasteiger partial charge >= 0.3 is 6.09 Å². The maximum atomic E-state index is 16.1. The lowest BCUT2D eigenvalue weighted by Crippen LogP contribution is -2.52.